The highest BCUT2D eigenvalue weighted by Gasteiger charge is 2.06. The van der Waals surface area contributed by atoms with Crippen molar-refractivity contribution in [2.45, 2.75) is 33.3 Å². The largest absolute Gasteiger partial charge is 0.459 e. The smallest absolute Gasteiger partial charge is 0.224 e. The van der Waals surface area contributed by atoms with E-state index < -0.39 is 0 Å². The fourth-order valence-corrected chi connectivity index (χ4v) is 1.98. The average Bonchev–Trinajstić information content (AvgIpc) is 2.95. The van der Waals surface area contributed by atoms with Crippen LogP contribution in [-0.2, 0) is 11.4 Å². The SMILES string of the molecule is CC(C)CCC(=O)Nc1ccc(-c2ccc(CO)o2)cc1. The Kier molecular flexibility index (Phi) is 5.17. The van der Waals surface area contributed by atoms with E-state index in [1.807, 2.05) is 30.3 Å². The third kappa shape index (κ3) is 4.46. The number of benzene rings is 1. The minimum absolute atomic E-state index is 0.0389. The third-order valence-corrected chi connectivity index (χ3v) is 3.22. The molecule has 1 aromatic heterocycles. The summed E-state index contributed by atoms with van der Waals surface area (Å²) in [6, 6.07) is 11.0. The van der Waals surface area contributed by atoms with Crippen molar-refractivity contribution in [1.29, 1.82) is 0 Å². The van der Waals surface area contributed by atoms with Gasteiger partial charge in [-0.1, -0.05) is 13.8 Å². The maximum absolute atomic E-state index is 11.8. The number of amides is 1. The van der Waals surface area contributed by atoms with E-state index in [1.54, 1.807) is 6.07 Å². The Labute approximate surface area is 124 Å². The molecule has 4 heteroatoms. The topological polar surface area (TPSA) is 62.5 Å². The second-order valence-corrected chi connectivity index (χ2v) is 5.48. The first kappa shape index (κ1) is 15.3. The summed E-state index contributed by atoms with van der Waals surface area (Å²) in [7, 11) is 0. The lowest BCUT2D eigenvalue weighted by Gasteiger charge is -2.07. The Bertz CT molecular complexity index is 584. The van der Waals surface area contributed by atoms with E-state index in [1.165, 1.54) is 0 Å². The van der Waals surface area contributed by atoms with Crippen LogP contribution in [0, 0.1) is 5.92 Å². The van der Waals surface area contributed by atoms with Crippen molar-refractivity contribution < 1.29 is 14.3 Å². The second-order valence-electron chi connectivity index (χ2n) is 5.48. The van der Waals surface area contributed by atoms with Crippen LogP contribution >= 0.6 is 0 Å². The number of furan rings is 1. The van der Waals surface area contributed by atoms with E-state index in [4.69, 9.17) is 9.52 Å². The highest BCUT2D eigenvalue weighted by molar-refractivity contribution is 5.90. The molecule has 0 radical (unpaired) electrons. The number of anilines is 1. The van der Waals surface area contributed by atoms with Crippen LogP contribution in [0.5, 0.6) is 0 Å². The molecule has 2 rings (SSSR count). The maximum Gasteiger partial charge on any atom is 0.224 e. The van der Waals surface area contributed by atoms with Crippen molar-refractivity contribution in [3.05, 3.63) is 42.2 Å². The molecule has 0 atom stereocenters. The molecule has 0 spiro atoms. The Morgan fingerprint density at radius 3 is 2.48 bits per heavy atom. The number of carbonyl (C=O) groups is 1. The molecule has 1 heterocycles. The highest BCUT2D eigenvalue weighted by atomic mass is 16.4. The molecule has 0 unspecified atom stereocenters. The molecule has 0 aliphatic carbocycles. The van der Waals surface area contributed by atoms with Gasteiger partial charge in [-0.2, -0.15) is 0 Å². The molecule has 1 aromatic carbocycles. The van der Waals surface area contributed by atoms with E-state index in [0.717, 1.165) is 17.7 Å². The average molecular weight is 287 g/mol. The summed E-state index contributed by atoms with van der Waals surface area (Å²) < 4.78 is 5.47. The Morgan fingerprint density at radius 2 is 1.90 bits per heavy atom. The molecule has 1 amide bonds. The first-order chi connectivity index (χ1) is 10.1. The zero-order chi connectivity index (χ0) is 15.2. The van der Waals surface area contributed by atoms with Gasteiger partial charge >= 0.3 is 0 Å². The predicted octanol–water partition coefficient (Wildman–Crippen LogP) is 3.81. The van der Waals surface area contributed by atoms with Gasteiger partial charge in [-0.15, -0.1) is 0 Å². The number of aliphatic hydroxyl groups excluding tert-OH is 1. The van der Waals surface area contributed by atoms with Gasteiger partial charge in [0.15, 0.2) is 0 Å². The van der Waals surface area contributed by atoms with Crippen molar-refractivity contribution in [2.24, 2.45) is 5.92 Å². The lowest BCUT2D eigenvalue weighted by Crippen LogP contribution is -2.11. The standard InChI is InChI=1S/C17H21NO3/c1-12(2)3-10-17(20)18-14-6-4-13(5-7-14)16-9-8-15(11-19)21-16/h4-9,12,19H,3,10-11H2,1-2H3,(H,18,20). The van der Waals surface area contributed by atoms with Crippen molar-refractivity contribution in [3.8, 4) is 11.3 Å². The van der Waals surface area contributed by atoms with Crippen LogP contribution in [0.15, 0.2) is 40.8 Å². The fourth-order valence-electron chi connectivity index (χ4n) is 1.98. The number of hydrogen-bond acceptors (Lipinski definition) is 3. The van der Waals surface area contributed by atoms with Crippen LogP contribution in [0.4, 0.5) is 5.69 Å². The second kappa shape index (κ2) is 7.09. The lowest BCUT2D eigenvalue weighted by atomic mass is 10.1. The van der Waals surface area contributed by atoms with Crippen LogP contribution in [-0.4, -0.2) is 11.0 Å². The van der Waals surface area contributed by atoms with Gasteiger partial charge in [0.25, 0.3) is 0 Å². The van der Waals surface area contributed by atoms with E-state index in [9.17, 15) is 4.79 Å². The van der Waals surface area contributed by atoms with Crippen molar-refractivity contribution in [1.82, 2.24) is 0 Å². The van der Waals surface area contributed by atoms with Gasteiger partial charge < -0.3 is 14.8 Å². The zero-order valence-electron chi connectivity index (χ0n) is 12.4. The predicted molar refractivity (Wildman–Crippen MR) is 82.8 cm³/mol. The number of rotatable bonds is 6. The van der Waals surface area contributed by atoms with Gasteiger partial charge in [0, 0.05) is 17.7 Å². The summed E-state index contributed by atoms with van der Waals surface area (Å²) in [5, 5.41) is 11.9. The maximum atomic E-state index is 11.8. The molecule has 0 saturated heterocycles. The van der Waals surface area contributed by atoms with Crippen LogP contribution < -0.4 is 5.32 Å². The minimum Gasteiger partial charge on any atom is -0.459 e. The molecule has 2 aromatic rings. The van der Waals surface area contributed by atoms with Gasteiger partial charge in [0.1, 0.15) is 18.1 Å². The Morgan fingerprint density at radius 1 is 1.19 bits per heavy atom. The summed E-state index contributed by atoms with van der Waals surface area (Å²) in [6.45, 7) is 4.10. The summed E-state index contributed by atoms with van der Waals surface area (Å²) in [4.78, 5) is 11.8. The monoisotopic (exact) mass is 287 g/mol. The number of nitrogens with one attached hydrogen (secondary N) is 1. The van der Waals surface area contributed by atoms with Gasteiger partial charge in [-0.3, -0.25) is 4.79 Å². The normalized spacial score (nSPS) is 10.9. The van der Waals surface area contributed by atoms with E-state index in [0.29, 0.717) is 23.9 Å². The summed E-state index contributed by atoms with van der Waals surface area (Å²) in [6.07, 6.45) is 1.43. The van der Waals surface area contributed by atoms with Gasteiger partial charge in [-0.25, -0.2) is 0 Å². The minimum atomic E-state index is -0.107. The molecule has 112 valence electrons. The lowest BCUT2D eigenvalue weighted by molar-refractivity contribution is -0.116. The number of aliphatic hydroxyl groups is 1. The molecule has 4 nitrogen and oxygen atoms in total. The first-order valence-electron chi connectivity index (χ1n) is 7.18. The van der Waals surface area contributed by atoms with Crippen molar-refractivity contribution in [3.63, 3.8) is 0 Å². The molecular weight excluding hydrogens is 266 g/mol. The Balaban J connectivity index is 1.97. The molecule has 0 bridgehead atoms. The number of hydrogen-bond donors (Lipinski definition) is 2. The van der Waals surface area contributed by atoms with Gasteiger partial charge in [0.2, 0.25) is 5.91 Å². The number of carbonyl (C=O) groups excluding carboxylic acids is 1. The fraction of sp³-hybridized carbons (Fsp3) is 0.353. The summed E-state index contributed by atoms with van der Waals surface area (Å²) in [5.74, 6) is 1.81. The van der Waals surface area contributed by atoms with Crippen molar-refractivity contribution >= 4 is 11.6 Å². The molecule has 0 fully saturated rings. The molecule has 21 heavy (non-hydrogen) atoms. The third-order valence-electron chi connectivity index (χ3n) is 3.22. The molecule has 0 saturated carbocycles. The first-order valence-corrected chi connectivity index (χ1v) is 7.18. The molecule has 2 N–H and O–H groups in total. The zero-order valence-corrected chi connectivity index (χ0v) is 12.4. The quantitative estimate of drug-likeness (QED) is 0.849. The van der Waals surface area contributed by atoms with Crippen LogP contribution in [0.2, 0.25) is 0 Å². The highest BCUT2D eigenvalue weighted by Crippen LogP contribution is 2.24. The van der Waals surface area contributed by atoms with Crippen LogP contribution in [0.3, 0.4) is 0 Å². The van der Waals surface area contributed by atoms with Crippen LogP contribution in [0.1, 0.15) is 32.4 Å². The molecule has 0 aliphatic rings. The van der Waals surface area contributed by atoms with Gasteiger partial charge in [0.05, 0.1) is 0 Å². The van der Waals surface area contributed by atoms with Crippen LogP contribution in [0.25, 0.3) is 11.3 Å². The van der Waals surface area contributed by atoms with Crippen molar-refractivity contribution in [2.75, 3.05) is 5.32 Å². The van der Waals surface area contributed by atoms with Gasteiger partial charge in [-0.05, 0) is 48.7 Å². The Hall–Kier alpha value is -2.07. The summed E-state index contributed by atoms with van der Waals surface area (Å²) >= 11 is 0. The summed E-state index contributed by atoms with van der Waals surface area (Å²) in [5.41, 5.74) is 1.69. The van der Waals surface area contributed by atoms with E-state index in [2.05, 4.69) is 19.2 Å². The molecular formula is C17H21NO3. The van der Waals surface area contributed by atoms with E-state index >= 15 is 0 Å². The van der Waals surface area contributed by atoms with E-state index in [-0.39, 0.29) is 12.5 Å². The molecule has 0 aliphatic heterocycles.